The van der Waals surface area contributed by atoms with E-state index in [1.165, 1.54) is 0 Å². The molecule has 0 saturated carbocycles. The van der Waals surface area contributed by atoms with E-state index >= 15 is 0 Å². The van der Waals surface area contributed by atoms with E-state index in [9.17, 15) is 9.90 Å². The third kappa shape index (κ3) is 1.96. The minimum absolute atomic E-state index is 0.133. The molecule has 2 fully saturated rings. The number of nitrogens with zero attached hydrogens (tertiary/aromatic N) is 2. The summed E-state index contributed by atoms with van der Waals surface area (Å²) < 4.78 is 7.63. The Morgan fingerprint density at radius 2 is 2.42 bits per heavy atom. The molecule has 0 radical (unpaired) electrons. The van der Waals surface area contributed by atoms with Crippen LogP contribution >= 0.6 is 0 Å². The summed E-state index contributed by atoms with van der Waals surface area (Å²) >= 11 is 0. The summed E-state index contributed by atoms with van der Waals surface area (Å²) in [5, 5.41) is 14.1. The van der Waals surface area contributed by atoms with Gasteiger partial charge in [0.15, 0.2) is 0 Å². The number of hydrogen-bond donors (Lipinski definition) is 1. The van der Waals surface area contributed by atoms with Crippen molar-refractivity contribution in [1.82, 2.24) is 9.78 Å². The van der Waals surface area contributed by atoms with Gasteiger partial charge < -0.3 is 9.84 Å². The second kappa shape index (κ2) is 4.34. The maximum atomic E-state index is 11.7. The molecular weight excluding hydrogens is 244 g/mol. The smallest absolute Gasteiger partial charge is 0.312 e. The Labute approximate surface area is 112 Å². The molecule has 0 spiro atoms. The van der Waals surface area contributed by atoms with E-state index < -0.39 is 11.4 Å². The maximum Gasteiger partial charge on any atom is 0.312 e. The lowest BCUT2D eigenvalue weighted by atomic mass is 9.71. The Morgan fingerprint density at radius 3 is 2.89 bits per heavy atom. The van der Waals surface area contributed by atoms with Gasteiger partial charge in [-0.1, -0.05) is 0 Å². The quantitative estimate of drug-likeness (QED) is 0.903. The summed E-state index contributed by atoms with van der Waals surface area (Å²) in [6.45, 7) is 4.12. The van der Waals surface area contributed by atoms with Gasteiger partial charge in [-0.2, -0.15) is 5.10 Å². The number of hydrogen-bond acceptors (Lipinski definition) is 3. The molecule has 0 aliphatic carbocycles. The van der Waals surface area contributed by atoms with Crippen molar-refractivity contribution in [2.24, 2.45) is 5.41 Å². The number of carbonyl (C=O) groups is 1. The molecule has 3 atom stereocenters. The van der Waals surface area contributed by atoms with E-state index in [-0.39, 0.29) is 12.2 Å². The number of aliphatic carboxylic acids is 1. The summed E-state index contributed by atoms with van der Waals surface area (Å²) in [5.74, 6) is -0.737. The van der Waals surface area contributed by atoms with Gasteiger partial charge in [-0.15, -0.1) is 0 Å². The van der Waals surface area contributed by atoms with Crippen LogP contribution in [-0.2, 0) is 16.0 Å². The van der Waals surface area contributed by atoms with E-state index in [2.05, 4.69) is 18.9 Å². The fourth-order valence-corrected chi connectivity index (χ4v) is 3.37. The van der Waals surface area contributed by atoms with Gasteiger partial charge in [0.05, 0.1) is 17.9 Å². The van der Waals surface area contributed by atoms with Gasteiger partial charge >= 0.3 is 5.97 Å². The largest absolute Gasteiger partial charge is 0.481 e. The normalized spacial score (nSPS) is 33.2. The summed E-state index contributed by atoms with van der Waals surface area (Å²) in [6, 6.07) is 2.22. The van der Waals surface area contributed by atoms with Gasteiger partial charge in [-0.3, -0.25) is 9.48 Å². The van der Waals surface area contributed by atoms with Crippen molar-refractivity contribution >= 4 is 5.97 Å². The summed E-state index contributed by atoms with van der Waals surface area (Å²) in [6.07, 6.45) is 4.88. The Hall–Kier alpha value is -1.36. The molecule has 3 unspecified atom stereocenters. The Balaban J connectivity index is 1.84. The third-order valence-electron chi connectivity index (χ3n) is 4.43. The van der Waals surface area contributed by atoms with Crippen molar-refractivity contribution in [1.29, 1.82) is 0 Å². The predicted octanol–water partition coefficient (Wildman–Crippen LogP) is 2.03. The van der Waals surface area contributed by atoms with Crippen molar-refractivity contribution in [3.05, 3.63) is 18.0 Å². The number of ether oxygens (including phenoxy) is 1. The second-order valence-corrected chi connectivity index (χ2v) is 6.05. The summed E-state index contributed by atoms with van der Waals surface area (Å²) in [4.78, 5) is 11.7. The van der Waals surface area contributed by atoms with Crippen LogP contribution in [0.4, 0.5) is 0 Å². The van der Waals surface area contributed by atoms with E-state index in [0.717, 1.165) is 18.5 Å². The molecule has 19 heavy (non-hydrogen) atoms. The van der Waals surface area contributed by atoms with Crippen LogP contribution in [0.15, 0.2) is 12.3 Å². The maximum absolute atomic E-state index is 11.7. The van der Waals surface area contributed by atoms with Crippen molar-refractivity contribution in [2.45, 2.75) is 57.8 Å². The van der Waals surface area contributed by atoms with E-state index in [0.29, 0.717) is 18.9 Å². The molecule has 1 N–H and O–H groups in total. The number of rotatable bonds is 4. The van der Waals surface area contributed by atoms with Gasteiger partial charge in [0.2, 0.25) is 0 Å². The first-order chi connectivity index (χ1) is 9.01. The van der Waals surface area contributed by atoms with Crippen molar-refractivity contribution in [3.63, 3.8) is 0 Å². The van der Waals surface area contributed by atoms with Crippen molar-refractivity contribution in [2.75, 3.05) is 0 Å². The molecule has 2 aliphatic rings. The standard InChI is InChI=1S/C14H20N2O3/c1-9(2)16-6-5-10(15-16)7-14(13(17)18)8-11-3-4-12(14)19-11/h5-6,9,11-12H,3-4,7-8H2,1-2H3,(H,17,18). The zero-order valence-corrected chi connectivity index (χ0v) is 11.4. The minimum Gasteiger partial charge on any atom is -0.481 e. The first-order valence-electron chi connectivity index (χ1n) is 6.94. The zero-order valence-electron chi connectivity index (χ0n) is 11.4. The molecule has 0 aromatic carbocycles. The highest BCUT2D eigenvalue weighted by molar-refractivity contribution is 5.76. The number of aromatic nitrogens is 2. The van der Waals surface area contributed by atoms with Crippen molar-refractivity contribution in [3.8, 4) is 0 Å². The Morgan fingerprint density at radius 1 is 1.63 bits per heavy atom. The van der Waals surface area contributed by atoms with Gasteiger partial charge in [-0.05, 0) is 39.2 Å². The van der Waals surface area contributed by atoms with Gasteiger partial charge in [0, 0.05) is 18.7 Å². The van der Waals surface area contributed by atoms with E-state index in [1.807, 2.05) is 16.9 Å². The van der Waals surface area contributed by atoms with E-state index in [1.54, 1.807) is 0 Å². The van der Waals surface area contributed by atoms with Crippen LogP contribution in [0.3, 0.4) is 0 Å². The first kappa shape index (κ1) is 12.7. The lowest BCUT2D eigenvalue weighted by Gasteiger charge is -2.30. The molecule has 3 heterocycles. The average molecular weight is 264 g/mol. The second-order valence-electron chi connectivity index (χ2n) is 6.05. The predicted molar refractivity (Wildman–Crippen MR) is 68.9 cm³/mol. The SMILES string of the molecule is CC(C)n1ccc(CC2(C(=O)O)CC3CCC2O3)n1. The molecule has 2 bridgehead atoms. The van der Waals surface area contributed by atoms with Crippen LogP contribution in [-0.4, -0.2) is 33.1 Å². The Bertz CT molecular complexity index is 497. The molecule has 5 nitrogen and oxygen atoms in total. The van der Waals surface area contributed by atoms with Crippen LogP contribution < -0.4 is 0 Å². The molecule has 2 aliphatic heterocycles. The summed E-state index contributed by atoms with van der Waals surface area (Å²) in [7, 11) is 0. The molecule has 104 valence electrons. The number of carboxylic acids is 1. The van der Waals surface area contributed by atoms with Crippen LogP contribution in [0.2, 0.25) is 0 Å². The summed E-state index contributed by atoms with van der Waals surface area (Å²) in [5.41, 5.74) is 0.0891. The fraction of sp³-hybridized carbons (Fsp3) is 0.714. The number of carboxylic acid groups (broad SMARTS) is 1. The lowest BCUT2D eigenvalue weighted by Crippen LogP contribution is -2.42. The molecule has 0 amide bonds. The third-order valence-corrected chi connectivity index (χ3v) is 4.43. The molecular formula is C14H20N2O3. The van der Waals surface area contributed by atoms with Crippen LogP contribution in [0.25, 0.3) is 0 Å². The number of fused-ring (bicyclic) bond motifs is 2. The topological polar surface area (TPSA) is 64.4 Å². The lowest BCUT2D eigenvalue weighted by molar-refractivity contribution is -0.152. The molecule has 1 aromatic rings. The van der Waals surface area contributed by atoms with Crippen LogP contribution in [0.1, 0.15) is 44.8 Å². The molecule has 2 saturated heterocycles. The fourth-order valence-electron chi connectivity index (χ4n) is 3.37. The highest BCUT2D eigenvalue weighted by Gasteiger charge is 2.57. The zero-order chi connectivity index (χ0) is 13.6. The highest BCUT2D eigenvalue weighted by atomic mass is 16.5. The van der Waals surface area contributed by atoms with Crippen molar-refractivity contribution < 1.29 is 14.6 Å². The van der Waals surface area contributed by atoms with Gasteiger partial charge in [0.25, 0.3) is 0 Å². The molecule has 3 rings (SSSR count). The van der Waals surface area contributed by atoms with Gasteiger partial charge in [-0.25, -0.2) is 0 Å². The van der Waals surface area contributed by atoms with E-state index in [4.69, 9.17) is 4.74 Å². The Kier molecular flexibility index (Phi) is 2.89. The van der Waals surface area contributed by atoms with Crippen LogP contribution in [0.5, 0.6) is 0 Å². The monoisotopic (exact) mass is 264 g/mol. The molecule has 1 aromatic heterocycles. The van der Waals surface area contributed by atoms with Crippen LogP contribution in [0, 0.1) is 5.41 Å². The minimum atomic E-state index is -0.765. The van der Waals surface area contributed by atoms with Gasteiger partial charge in [0.1, 0.15) is 5.41 Å². The first-order valence-corrected chi connectivity index (χ1v) is 6.94. The average Bonchev–Trinajstić information content (AvgIpc) is 3.03. The molecule has 5 heteroatoms. The highest BCUT2D eigenvalue weighted by Crippen LogP contribution is 2.49.